The maximum absolute atomic E-state index is 12.3. The summed E-state index contributed by atoms with van der Waals surface area (Å²) in [6, 6.07) is 7.95. The first-order valence-corrected chi connectivity index (χ1v) is 8.36. The molecule has 0 spiro atoms. The summed E-state index contributed by atoms with van der Waals surface area (Å²) >= 11 is 0. The number of rotatable bonds is 6. The molecule has 2 N–H and O–H groups in total. The van der Waals surface area contributed by atoms with Gasteiger partial charge in [-0.1, -0.05) is 12.1 Å². The number of para-hydroxylation sites is 2. The van der Waals surface area contributed by atoms with Crippen LogP contribution in [-0.2, 0) is 9.53 Å². The molecule has 2 heterocycles. The Morgan fingerprint density at radius 3 is 2.83 bits per heavy atom. The number of ether oxygens (including phenoxy) is 1. The molecule has 1 aliphatic heterocycles. The molecule has 1 fully saturated rings. The third-order valence-corrected chi connectivity index (χ3v) is 4.54. The summed E-state index contributed by atoms with van der Waals surface area (Å²) in [6.45, 7) is 3.09. The maximum atomic E-state index is 12.3. The van der Waals surface area contributed by atoms with E-state index in [1.807, 2.05) is 28.8 Å². The Kier molecular flexibility index (Phi) is 5.32. The van der Waals surface area contributed by atoms with Gasteiger partial charge in [0.2, 0.25) is 5.91 Å². The number of imidazole rings is 1. The van der Waals surface area contributed by atoms with Crippen LogP contribution in [0.1, 0.15) is 18.9 Å². The number of nitrogens with zero attached hydrogens (tertiary/aromatic N) is 2. The van der Waals surface area contributed by atoms with Gasteiger partial charge in [0.1, 0.15) is 0 Å². The summed E-state index contributed by atoms with van der Waals surface area (Å²) in [5.74, 6) is 0.0229. The van der Waals surface area contributed by atoms with Crippen molar-refractivity contribution in [3.63, 3.8) is 0 Å². The van der Waals surface area contributed by atoms with E-state index >= 15 is 0 Å². The minimum atomic E-state index is -0.0491. The Balaban J connectivity index is 1.58. The highest BCUT2D eigenvalue weighted by atomic mass is 16.5. The molecule has 130 valence electrons. The molecule has 1 saturated heterocycles. The van der Waals surface area contributed by atoms with Gasteiger partial charge in [-0.05, 0) is 25.0 Å². The van der Waals surface area contributed by atoms with Gasteiger partial charge in [0.05, 0.1) is 24.2 Å². The van der Waals surface area contributed by atoms with Gasteiger partial charge in [-0.3, -0.25) is 14.3 Å². The molecule has 7 heteroatoms. The van der Waals surface area contributed by atoms with E-state index in [9.17, 15) is 9.59 Å². The van der Waals surface area contributed by atoms with Gasteiger partial charge >= 0.3 is 5.69 Å². The number of aromatic nitrogens is 2. The van der Waals surface area contributed by atoms with E-state index in [0.29, 0.717) is 19.7 Å². The largest absolute Gasteiger partial charge is 0.383 e. The van der Waals surface area contributed by atoms with Gasteiger partial charge in [-0.15, -0.1) is 0 Å². The monoisotopic (exact) mass is 332 g/mol. The number of methoxy groups -OCH3 is 1. The average Bonchev–Trinajstić information content (AvgIpc) is 2.92. The zero-order valence-electron chi connectivity index (χ0n) is 14.0. The number of hydrogen-bond donors (Lipinski definition) is 2. The molecule has 2 aromatic rings. The zero-order valence-corrected chi connectivity index (χ0v) is 14.0. The minimum Gasteiger partial charge on any atom is -0.383 e. The van der Waals surface area contributed by atoms with Crippen molar-refractivity contribution in [3.8, 4) is 0 Å². The first-order valence-electron chi connectivity index (χ1n) is 8.36. The Bertz CT molecular complexity index is 744. The maximum Gasteiger partial charge on any atom is 0.326 e. The number of carbonyl (C=O) groups is 1. The summed E-state index contributed by atoms with van der Waals surface area (Å²) in [5, 5.41) is 2.84. The Labute approximate surface area is 140 Å². The van der Waals surface area contributed by atoms with Crippen LogP contribution in [0.3, 0.4) is 0 Å². The predicted octanol–water partition coefficient (Wildman–Crippen LogP) is 0.729. The number of amides is 1. The molecule has 1 aromatic carbocycles. The molecular formula is C17H24N4O3. The normalized spacial score (nSPS) is 16.5. The molecule has 1 aliphatic rings. The van der Waals surface area contributed by atoms with Crippen molar-refractivity contribution in [2.75, 3.05) is 39.9 Å². The van der Waals surface area contributed by atoms with Crippen molar-refractivity contribution < 1.29 is 9.53 Å². The Morgan fingerprint density at radius 2 is 2.08 bits per heavy atom. The summed E-state index contributed by atoms with van der Waals surface area (Å²) in [6.07, 6.45) is 1.74. The standard InChI is InChI=1S/C17H24N4O3/c1-24-11-8-18-16(22)12-20-9-6-13(7-10-20)21-15-5-3-2-4-14(15)19-17(21)23/h2-5,13H,6-12H2,1H3,(H,18,22)(H,19,23). The molecule has 0 radical (unpaired) electrons. The minimum absolute atomic E-state index is 0.0229. The Hall–Kier alpha value is -2.12. The highest BCUT2D eigenvalue weighted by molar-refractivity contribution is 5.78. The van der Waals surface area contributed by atoms with Crippen molar-refractivity contribution in [3.05, 3.63) is 34.7 Å². The van der Waals surface area contributed by atoms with Crippen LogP contribution in [0.25, 0.3) is 11.0 Å². The molecule has 24 heavy (non-hydrogen) atoms. The van der Waals surface area contributed by atoms with Crippen molar-refractivity contribution in [2.45, 2.75) is 18.9 Å². The first kappa shape index (κ1) is 16.7. The topological polar surface area (TPSA) is 79.4 Å². The lowest BCUT2D eigenvalue weighted by atomic mass is 10.0. The summed E-state index contributed by atoms with van der Waals surface area (Å²) < 4.78 is 6.79. The highest BCUT2D eigenvalue weighted by Gasteiger charge is 2.24. The fourth-order valence-electron chi connectivity index (χ4n) is 3.32. The van der Waals surface area contributed by atoms with Gasteiger partial charge in [-0.25, -0.2) is 4.79 Å². The summed E-state index contributed by atoms with van der Waals surface area (Å²) in [5.41, 5.74) is 1.78. The van der Waals surface area contributed by atoms with Crippen LogP contribution in [0, 0.1) is 0 Å². The van der Waals surface area contributed by atoms with Crippen LogP contribution in [0.15, 0.2) is 29.1 Å². The summed E-state index contributed by atoms with van der Waals surface area (Å²) in [7, 11) is 1.61. The molecular weight excluding hydrogens is 308 g/mol. The number of likely N-dealkylation sites (tertiary alicyclic amines) is 1. The molecule has 7 nitrogen and oxygen atoms in total. The molecule has 0 aliphatic carbocycles. The second-order valence-electron chi connectivity index (χ2n) is 6.17. The van der Waals surface area contributed by atoms with E-state index in [1.54, 1.807) is 7.11 Å². The molecule has 1 amide bonds. The van der Waals surface area contributed by atoms with Crippen LogP contribution in [0.5, 0.6) is 0 Å². The van der Waals surface area contributed by atoms with Gasteiger partial charge < -0.3 is 15.0 Å². The van der Waals surface area contributed by atoms with Crippen LogP contribution in [0.4, 0.5) is 0 Å². The van der Waals surface area contributed by atoms with Crippen LogP contribution in [0.2, 0.25) is 0 Å². The molecule has 3 rings (SSSR count). The zero-order chi connectivity index (χ0) is 16.9. The predicted molar refractivity (Wildman–Crippen MR) is 92.2 cm³/mol. The van der Waals surface area contributed by atoms with Crippen LogP contribution in [-0.4, -0.2) is 60.3 Å². The van der Waals surface area contributed by atoms with E-state index in [2.05, 4.69) is 15.2 Å². The lowest BCUT2D eigenvalue weighted by Gasteiger charge is -2.32. The third-order valence-electron chi connectivity index (χ3n) is 4.54. The lowest BCUT2D eigenvalue weighted by Crippen LogP contribution is -2.43. The molecule has 0 saturated carbocycles. The highest BCUT2D eigenvalue weighted by Crippen LogP contribution is 2.24. The number of piperidine rings is 1. The number of aromatic amines is 1. The number of carbonyl (C=O) groups excluding carboxylic acids is 1. The quantitative estimate of drug-likeness (QED) is 0.765. The van der Waals surface area contributed by atoms with E-state index in [1.165, 1.54) is 0 Å². The van der Waals surface area contributed by atoms with Gasteiger partial charge in [0.15, 0.2) is 0 Å². The van der Waals surface area contributed by atoms with Gasteiger partial charge in [0, 0.05) is 32.8 Å². The van der Waals surface area contributed by atoms with Crippen molar-refractivity contribution in [1.82, 2.24) is 19.8 Å². The fourth-order valence-corrected chi connectivity index (χ4v) is 3.32. The first-order chi connectivity index (χ1) is 11.7. The SMILES string of the molecule is COCCNC(=O)CN1CCC(n2c(=O)[nH]c3ccccc32)CC1. The van der Waals surface area contributed by atoms with E-state index < -0.39 is 0 Å². The molecule has 0 unspecified atom stereocenters. The smallest absolute Gasteiger partial charge is 0.326 e. The van der Waals surface area contributed by atoms with E-state index in [-0.39, 0.29) is 17.6 Å². The molecule has 1 aromatic heterocycles. The number of hydrogen-bond acceptors (Lipinski definition) is 4. The van der Waals surface area contributed by atoms with Crippen molar-refractivity contribution in [2.24, 2.45) is 0 Å². The summed E-state index contributed by atoms with van der Waals surface area (Å²) in [4.78, 5) is 29.2. The van der Waals surface area contributed by atoms with Crippen molar-refractivity contribution in [1.29, 1.82) is 0 Å². The van der Waals surface area contributed by atoms with Crippen LogP contribution < -0.4 is 11.0 Å². The number of benzene rings is 1. The third kappa shape index (κ3) is 3.68. The van der Waals surface area contributed by atoms with Crippen LogP contribution >= 0.6 is 0 Å². The van der Waals surface area contributed by atoms with Crippen molar-refractivity contribution >= 4 is 16.9 Å². The number of nitrogens with one attached hydrogen (secondary N) is 2. The van der Waals surface area contributed by atoms with Gasteiger partial charge in [-0.2, -0.15) is 0 Å². The van der Waals surface area contributed by atoms with E-state index in [4.69, 9.17) is 4.74 Å². The van der Waals surface area contributed by atoms with E-state index in [0.717, 1.165) is 37.0 Å². The second-order valence-corrected chi connectivity index (χ2v) is 6.17. The van der Waals surface area contributed by atoms with Gasteiger partial charge in [0.25, 0.3) is 0 Å². The number of fused-ring (bicyclic) bond motifs is 1. The Morgan fingerprint density at radius 1 is 1.33 bits per heavy atom. The average molecular weight is 332 g/mol. The second kappa shape index (κ2) is 7.63. The molecule has 0 atom stereocenters. The fraction of sp³-hybridized carbons (Fsp3) is 0.529. The molecule has 0 bridgehead atoms. The lowest BCUT2D eigenvalue weighted by molar-refractivity contribution is -0.122. The number of H-pyrrole nitrogens is 1.